The molecule has 28 heavy (non-hydrogen) atoms. The van der Waals surface area contributed by atoms with E-state index in [9.17, 15) is 4.79 Å². The molecule has 0 aliphatic carbocycles. The van der Waals surface area contributed by atoms with Crippen LogP contribution in [0.4, 0.5) is 11.6 Å². The molecule has 0 radical (unpaired) electrons. The number of pyridine rings is 1. The van der Waals surface area contributed by atoms with E-state index in [2.05, 4.69) is 38.7 Å². The van der Waals surface area contributed by atoms with Crippen LogP contribution in [0.15, 0.2) is 42.6 Å². The van der Waals surface area contributed by atoms with Crippen molar-refractivity contribution < 1.29 is 4.79 Å². The van der Waals surface area contributed by atoms with Gasteiger partial charge in [-0.3, -0.25) is 4.79 Å². The quantitative estimate of drug-likeness (QED) is 0.680. The number of aromatic nitrogens is 3. The van der Waals surface area contributed by atoms with E-state index in [1.807, 2.05) is 33.0 Å². The average molecular weight is 377 g/mol. The lowest BCUT2D eigenvalue weighted by molar-refractivity contribution is -0.121. The first-order valence-electron chi connectivity index (χ1n) is 9.97. The van der Waals surface area contributed by atoms with Crippen molar-refractivity contribution in [2.45, 2.75) is 33.2 Å². The molecule has 1 aromatic carbocycles. The molecule has 1 aliphatic heterocycles. The zero-order chi connectivity index (χ0) is 19.7. The molecule has 1 fully saturated rings. The Balaban J connectivity index is 1.80. The van der Waals surface area contributed by atoms with Crippen molar-refractivity contribution in [1.29, 1.82) is 0 Å². The van der Waals surface area contributed by atoms with Crippen LogP contribution in [0.25, 0.3) is 11.2 Å². The highest BCUT2D eigenvalue weighted by Gasteiger charge is 2.22. The summed E-state index contributed by atoms with van der Waals surface area (Å²) < 4.78 is 2.24. The van der Waals surface area contributed by atoms with Crippen LogP contribution in [0.5, 0.6) is 0 Å². The SMILES string of the molecule is CC(C)C(=O)N(C)c1cnc2nc(N3CCCC3)n(Cc3ccccc3)c2c1. The first kappa shape index (κ1) is 18.5. The second-order valence-corrected chi connectivity index (χ2v) is 7.77. The van der Waals surface area contributed by atoms with E-state index in [4.69, 9.17) is 4.98 Å². The minimum absolute atomic E-state index is 0.0601. The third-order valence-corrected chi connectivity index (χ3v) is 5.36. The van der Waals surface area contributed by atoms with Crippen molar-refractivity contribution in [2.24, 2.45) is 5.92 Å². The molecule has 0 spiro atoms. The number of nitrogens with zero attached hydrogens (tertiary/aromatic N) is 5. The minimum atomic E-state index is -0.0601. The Hall–Kier alpha value is -2.89. The van der Waals surface area contributed by atoms with Crippen molar-refractivity contribution in [1.82, 2.24) is 14.5 Å². The molecule has 1 saturated heterocycles. The molecule has 0 unspecified atom stereocenters. The van der Waals surface area contributed by atoms with Gasteiger partial charge in [0.25, 0.3) is 0 Å². The standard InChI is InChI=1S/C22H27N5O/c1-16(2)21(28)25(3)18-13-19-20(23-14-18)24-22(26-11-7-8-12-26)27(19)15-17-9-5-4-6-10-17/h4-6,9-10,13-14,16H,7-8,11-12,15H2,1-3H3. The average Bonchev–Trinajstić information content (AvgIpc) is 3.35. The number of amides is 1. The fourth-order valence-corrected chi connectivity index (χ4v) is 3.76. The van der Waals surface area contributed by atoms with Gasteiger partial charge in [0, 0.05) is 26.1 Å². The lowest BCUT2D eigenvalue weighted by Crippen LogP contribution is -2.30. The van der Waals surface area contributed by atoms with Gasteiger partial charge in [-0.2, -0.15) is 4.98 Å². The Bertz CT molecular complexity index is 973. The fraction of sp³-hybridized carbons (Fsp3) is 0.409. The van der Waals surface area contributed by atoms with Crippen molar-refractivity contribution in [3.63, 3.8) is 0 Å². The van der Waals surface area contributed by atoms with E-state index in [0.29, 0.717) is 0 Å². The van der Waals surface area contributed by atoms with Crippen LogP contribution in [0.1, 0.15) is 32.3 Å². The van der Waals surface area contributed by atoms with Crippen LogP contribution in [0, 0.1) is 5.92 Å². The molecule has 0 saturated carbocycles. The number of hydrogen-bond acceptors (Lipinski definition) is 4. The number of carbonyl (C=O) groups is 1. The Kier molecular flexibility index (Phi) is 5.03. The van der Waals surface area contributed by atoms with E-state index >= 15 is 0 Å². The van der Waals surface area contributed by atoms with Crippen LogP contribution in [-0.2, 0) is 11.3 Å². The maximum atomic E-state index is 12.4. The largest absolute Gasteiger partial charge is 0.342 e. The molecular weight excluding hydrogens is 350 g/mol. The zero-order valence-corrected chi connectivity index (χ0v) is 16.8. The highest BCUT2D eigenvalue weighted by molar-refractivity contribution is 5.95. The molecule has 4 rings (SSSR count). The van der Waals surface area contributed by atoms with E-state index in [0.717, 1.165) is 42.4 Å². The number of hydrogen-bond donors (Lipinski definition) is 0. The monoisotopic (exact) mass is 377 g/mol. The normalized spacial score (nSPS) is 14.2. The van der Waals surface area contributed by atoms with E-state index in [1.165, 1.54) is 18.4 Å². The first-order valence-corrected chi connectivity index (χ1v) is 9.97. The molecule has 1 amide bonds. The highest BCUT2D eigenvalue weighted by atomic mass is 16.2. The van der Waals surface area contributed by atoms with E-state index < -0.39 is 0 Å². The summed E-state index contributed by atoms with van der Waals surface area (Å²) >= 11 is 0. The minimum Gasteiger partial charge on any atom is -0.342 e. The molecule has 3 aromatic rings. The smallest absolute Gasteiger partial charge is 0.229 e. The lowest BCUT2D eigenvalue weighted by atomic mass is 10.2. The summed E-state index contributed by atoms with van der Waals surface area (Å²) in [5.41, 5.74) is 3.71. The third kappa shape index (κ3) is 3.46. The number of carbonyl (C=O) groups excluding carboxylic acids is 1. The van der Waals surface area contributed by atoms with Crippen LogP contribution in [0.2, 0.25) is 0 Å². The molecule has 0 atom stereocenters. The molecule has 6 nitrogen and oxygen atoms in total. The maximum absolute atomic E-state index is 12.4. The number of rotatable bonds is 5. The van der Waals surface area contributed by atoms with E-state index in [-0.39, 0.29) is 11.8 Å². The Labute approximate surface area is 165 Å². The van der Waals surface area contributed by atoms with Gasteiger partial charge < -0.3 is 14.4 Å². The van der Waals surface area contributed by atoms with Crippen LogP contribution < -0.4 is 9.80 Å². The zero-order valence-electron chi connectivity index (χ0n) is 16.8. The van der Waals surface area contributed by atoms with Crippen molar-refractivity contribution in [3.05, 3.63) is 48.2 Å². The fourth-order valence-electron chi connectivity index (χ4n) is 3.76. The third-order valence-electron chi connectivity index (χ3n) is 5.36. The van der Waals surface area contributed by atoms with Gasteiger partial charge in [0.2, 0.25) is 11.9 Å². The molecule has 146 valence electrons. The summed E-state index contributed by atoms with van der Waals surface area (Å²) in [7, 11) is 1.81. The molecule has 6 heteroatoms. The molecular formula is C22H27N5O. The van der Waals surface area contributed by atoms with Crippen molar-refractivity contribution in [3.8, 4) is 0 Å². The van der Waals surface area contributed by atoms with Crippen LogP contribution in [-0.4, -0.2) is 40.6 Å². The molecule has 0 N–H and O–H groups in total. The van der Waals surface area contributed by atoms with Crippen LogP contribution in [0.3, 0.4) is 0 Å². The molecule has 1 aliphatic rings. The predicted octanol–water partition coefficient (Wildman–Crippen LogP) is 3.70. The van der Waals surface area contributed by atoms with Gasteiger partial charge in [-0.1, -0.05) is 44.2 Å². The van der Waals surface area contributed by atoms with Gasteiger partial charge in [-0.25, -0.2) is 4.98 Å². The van der Waals surface area contributed by atoms with E-state index in [1.54, 1.807) is 11.1 Å². The first-order chi connectivity index (χ1) is 13.5. The molecule has 3 heterocycles. The van der Waals surface area contributed by atoms with Gasteiger partial charge in [0.1, 0.15) is 0 Å². The van der Waals surface area contributed by atoms with Gasteiger partial charge in [0.15, 0.2) is 5.65 Å². The summed E-state index contributed by atoms with van der Waals surface area (Å²) in [5.74, 6) is 0.990. The van der Waals surface area contributed by atoms with Gasteiger partial charge in [-0.05, 0) is 24.5 Å². The lowest BCUT2D eigenvalue weighted by Gasteiger charge is -2.20. The maximum Gasteiger partial charge on any atom is 0.229 e. The Morgan fingerprint density at radius 3 is 2.57 bits per heavy atom. The van der Waals surface area contributed by atoms with Crippen molar-refractivity contribution >= 4 is 28.7 Å². The second kappa shape index (κ2) is 7.62. The summed E-state index contributed by atoms with van der Waals surface area (Å²) in [6.07, 6.45) is 4.13. The van der Waals surface area contributed by atoms with Gasteiger partial charge in [-0.15, -0.1) is 0 Å². The highest BCUT2D eigenvalue weighted by Crippen LogP contribution is 2.28. The van der Waals surface area contributed by atoms with Gasteiger partial charge in [0.05, 0.1) is 23.9 Å². The molecule has 2 aromatic heterocycles. The summed E-state index contributed by atoms with van der Waals surface area (Å²) in [6, 6.07) is 12.4. The summed E-state index contributed by atoms with van der Waals surface area (Å²) in [4.78, 5) is 25.9. The molecule has 0 bridgehead atoms. The number of anilines is 2. The second-order valence-electron chi connectivity index (χ2n) is 7.77. The van der Waals surface area contributed by atoms with Crippen LogP contribution >= 0.6 is 0 Å². The Morgan fingerprint density at radius 1 is 1.18 bits per heavy atom. The Morgan fingerprint density at radius 2 is 1.89 bits per heavy atom. The topological polar surface area (TPSA) is 54.3 Å². The summed E-state index contributed by atoms with van der Waals surface area (Å²) in [6.45, 7) is 6.61. The predicted molar refractivity (Wildman–Crippen MR) is 113 cm³/mol. The number of imidazole rings is 1. The van der Waals surface area contributed by atoms with Crippen molar-refractivity contribution in [2.75, 3.05) is 29.9 Å². The number of fused-ring (bicyclic) bond motifs is 1. The van der Waals surface area contributed by atoms with Gasteiger partial charge >= 0.3 is 0 Å². The number of benzene rings is 1. The summed E-state index contributed by atoms with van der Waals surface area (Å²) in [5, 5.41) is 0.